The van der Waals surface area contributed by atoms with E-state index in [0.29, 0.717) is 13.2 Å². The summed E-state index contributed by atoms with van der Waals surface area (Å²) in [6, 6.07) is 0.138. The summed E-state index contributed by atoms with van der Waals surface area (Å²) in [7, 11) is 0. The normalized spacial score (nSPS) is 31.5. The number of ether oxygens (including phenoxy) is 1. The average Bonchev–Trinajstić information content (AvgIpc) is 2.38. The molecule has 0 spiro atoms. The van der Waals surface area contributed by atoms with Crippen LogP contribution in [-0.4, -0.2) is 67.2 Å². The number of nitrogens with zero attached hydrogens (tertiary/aromatic N) is 2. The molecule has 5 heteroatoms. The number of amides is 1. The number of likely N-dealkylation sites (N-methyl/N-ethyl adjacent to an activating group) is 1. The number of likely N-dealkylation sites (tertiary alicyclic amines) is 1. The highest BCUT2D eigenvalue weighted by Crippen LogP contribution is 2.13. The first kappa shape index (κ1) is 12.8. The highest BCUT2D eigenvalue weighted by molar-refractivity contribution is 5.81. The molecule has 2 aliphatic rings. The molecule has 1 amide bonds. The first-order valence-electron chi connectivity index (χ1n) is 6.59. The Morgan fingerprint density at radius 2 is 2.24 bits per heavy atom. The number of piperidine rings is 1. The van der Waals surface area contributed by atoms with Crippen molar-refractivity contribution in [2.24, 2.45) is 5.73 Å². The fourth-order valence-corrected chi connectivity index (χ4v) is 2.55. The standard InChI is InChI=1S/C12H23N3O2/c1-2-14-6-7-17-11(9-14)12(16)15-5-3-4-10(13)8-15/h10-11H,2-9,13H2,1H3. The van der Waals surface area contributed by atoms with Crippen LogP contribution in [0.1, 0.15) is 19.8 Å². The number of carbonyl (C=O) groups excluding carboxylic acids is 1. The second-order valence-corrected chi connectivity index (χ2v) is 4.94. The van der Waals surface area contributed by atoms with Crippen molar-refractivity contribution >= 4 is 5.91 Å². The average molecular weight is 241 g/mol. The molecule has 5 nitrogen and oxygen atoms in total. The molecule has 0 saturated carbocycles. The minimum absolute atomic E-state index is 0.123. The van der Waals surface area contributed by atoms with Crippen LogP contribution in [0, 0.1) is 0 Å². The zero-order valence-corrected chi connectivity index (χ0v) is 10.6. The van der Waals surface area contributed by atoms with Gasteiger partial charge in [0.2, 0.25) is 0 Å². The van der Waals surface area contributed by atoms with Crippen molar-refractivity contribution in [2.75, 3.05) is 39.3 Å². The molecule has 2 heterocycles. The summed E-state index contributed by atoms with van der Waals surface area (Å²) in [5, 5.41) is 0. The number of nitrogens with two attached hydrogens (primary N) is 1. The molecule has 17 heavy (non-hydrogen) atoms. The van der Waals surface area contributed by atoms with E-state index >= 15 is 0 Å². The molecular formula is C12H23N3O2. The fraction of sp³-hybridized carbons (Fsp3) is 0.917. The summed E-state index contributed by atoms with van der Waals surface area (Å²) >= 11 is 0. The Morgan fingerprint density at radius 1 is 1.41 bits per heavy atom. The zero-order valence-electron chi connectivity index (χ0n) is 10.6. The van der Waals surface area contributed by atoms with Gasteiger partial charge in [-0.15, -0.1) is 0 Å². The molecule has 2 unspecified atom stereocenters. The minimum Gasteiger partial charge on any atom is -0.366 e. The maximum absolute atomic E-state index is 12.3. The topological polar surface area (TPSA) is 58.8 Å². The smallest absolute Gasteiger partial charge is 0.253 e. The number of hydrogen-bond acceptors (Lipinski definition) is 4. The second kappa shape index (κ2) is 5.80. The summed E-state index contributed by atoms with van der Waals surface area (Å²) in [4.78, 5) is 16.4. The van der Waals surface area contributed by atoms with Crippen LogP contribution in [0.25, 0.3) is 0 Å². The van der Waals surface area contributed by atoms with E-state index in [1.54, 1.807) is 0 Å². The Hall–Kier alpha value is -0.650. The van der Waals surface area contributed by atoms with Gasteiger partial charge in [-0.2, -0.15) is 0 Å². The van der Waals surface area contributed by atoms with Gasteiger partial charge in [-0.3, -0.25) is 9.69 Å². The third-order valence-corrected chi connectivity index (χ3v) is 3.64. The van der Waals surface area contributed by atoms with Crippen molar-refractivity contribution in [3.8, 4) is 0 Å². The van der Waals surface area contributed by atoms with Crippen LogP contribution in [0.15, 0.2) is 0 Å². The van der Waals surface area contributed by atoms with Crippen LogP contribution in [0.4, 0.5) is 0 Å². The van der Waals surface area contributed by atoms with Gasteiger partial charge in [0.1, 0.15) is 6.10 Å². The molecule has 98 valence electrons. The molecule has 2 fully saturated rings. The molecule has 2 rings (SSSR count). The lowest BCUT2D eigenvalue weighted by molar-refractivity contribution is -0.150. The molecule has 0 bridgehead atoms. The van der Waals surface area contributed by atoms with E-state index in [2.05, 4.69) is 11.8 Å². The van der Waals surface area contributed by atoms with Crippen LogP contribution >= 0.6 is 0 Å². The Kier molecular flexibility index (Phi) is 4.36. The van der Waals surface area contributed by atoms with E-state index in [1.165, 1.54) is 0 Å². The van der Waals surface area contributed by atoms with E-state index in [9.17, 15) is 4.79 Å². The summed E-state index contributed by atoms with van der Waals surface area (Å²) in [5.74, 6) is 0.123. The van der Waals surface area contributed by atoms with E-state index in [0.717, 1.165) is 39.0 Å². The first-order valence-corrected chi connectivity index (χ1v) is 6.59. The summed E-state index contributed by atoms with van der Waals surface area (Å²) in [5.41, 5.74) is 5.90. The molecule has 0 radical (unpaired) electrons. The third-order valence-electron chi connectivity index (χ3n) is 3.64. The Labute approximate surface area is 103 Å². The molecular weight excluding hydrogens is 218 g/mol. The molecule has 0 aromatic rings. The predicted octanol–water partition coefficient (Wildman–Crippen LogP) is -0.343. The second-order valence-electron chi connectivity index (χ2n) is 4.94. The van der Waals surface area contributed by atoms with Crippen molar-refractivity contribution < 1.29 is 9.53 Å². The Morgan fingerprint density at radius 3 is 2.94 bits per heavy atom. The first-order chi connectivity index (χ1) is 8.20. The zero-order chi connectivity index (χ0) is 12.3. The fourth-order valence-electron chi connectivity index (χ4n) is 2.55. The van der Waals surface area contributed by atoms with Gasteiger partial charge in [-0.05, 0) is 19.4 Å². The Bertz CT molecular complexity index is 272. The van der Waals surface area contributed by atoms with Gasteiger partial charge in [-0.1, -0.05) is 6.92 Å². The van der Waals surface area contributed by atoms with Gasteiger partial charge in [-0.25, -0.2) is 0 Å². The number of morpholine rings is 1. The molecule has 2 atom stereocenters. The number of hydrogen-bond donors (Lipinski definition) is 1. The molecule has 2 N–H and O–H groups in total. The lowest BCUT2D eigenvalue weighted by Gasteiger charge is -2.37. The van der Waals surface area contributed by atoms with Crippen molar-refractivity contribution in [2.45, 2.75) is 31.9 Å². The highest BCUT2D eigenvalue weighted by Gasteiger charge is 2.31. The summed E-state index contributed by atoms with van der Waals surface area (Å²) in [6.07, 6.45) is 1.75. The maximum atomic E-state index is 12.3. The lowest BCUT2D eigenvalue weighted by atomic mass is 10.1. The molecule has 2 saturated heterocycles. The van der Waals surface area contributed by atoms with Crippen LogP contribution in [0.2, 0.25) is 0 Å². The molecule has 0 aromatic heterocycles. The van der Waals surface area contributed by atoms with Gasteiger partial charge >= 0.3 is 0 Å². The van der Waals surface area contributed by atoms with E-state index in [1.807, 2.05) is 4.90 Å². The quantitative estimate of drug-likeness (QED) is 0.718. The number of carbonyl (C=O) groups is 1. The van der Waals surface area contributed by atoms with Gasteiger partial charge in [0.15, 0.2) is 0 Å². The van der Waals surface area contributed by atoms with Crippen molar-refractivity contribution in [1.82, 2.24) is 9.80 Å². The highest BCUT2D eigenvalue weighted by atomic mass is 16.5. The monoisotopic (exact) mass is 241 g/mol. The van der Waals surface area contributed by atoms with Crippen molar-refractivity contribution in [1.29, 1.82) is 0 Å². The summed E-state index contributed by atoms with van der Waals surface area (Å²) < 4.78 is 5.59. The molecule has 0 aromatic carbocycles. The van der Waals surface area contributed by atoms with Gasteiger partial charge in [0.05, 0.1) is 6.61 Å². The van der Waals surface area contributed by atoms with Crippen LogP contribution < -0.4 is 5.73 Å². The Balaban J connectivity index is 1.89. The van der Waals surface area contributed by atoms with Crippen LogP contribution in [-0.2, 0) is 9.53 Å². The van der Waals surface area contributed by atoms with Crippen LogP contribution in [0.5, 0.6) is 0 Å². The predicted molar refractivity (Wildman–Crippen MR) is 65.6 cm³/mol. The van der Waals surface area contributed by atoms with E-state index < -0.39 is 0 Å². The van der Waals surface area contributed by atoms with Crippen LogP contribution in [0.3, 0.4) is 0 Å². The van der Waals surface area contributed by atoms with Gasteiger partial charge in [0, 0.05) is 32.2 Å². The molecule has 0 aliphatic carbocycles. The van der Waals surface area contributed by atoms with Gasteiger partial charge in [0.25, 0.3) is 5.91 Å². The van der Waals surface area contributed by atoms with Gasteiger partial charge < -0.3 is 15.4 Å². The maximum Gasteiger partial charge on any atom is 0.253 e. The largest absolute Gasteiger partial charge is 0.366 e. The van der Waals surface area contributed by atoms with Crippen molar-refractivity contribution in [3.05, 3.63) is 0 Å². The minimum atomic E-state index is -0.283. The third kappa shape index (κ3) is 3.18. The van der Waals surface area contributed by atoms with E-state index in [-0.39, 0.29) is 18.1 Å². The van der Waals surface area contributed by atoms with E-state index in [4.69, 9.17) is 10.5 Å². The lowest BCUT2D eigenvalue weighted by Crippen LogP contribution is -2.54. The van der Waals surface area contributed by atoms with Crippen molar-refractivity contribution in [3.63, 3.8) is 0 Å². The molecule has 2 aliphatic heterocycles. The summed E-state index contributed by atoms with van der Waals surface area (Å²) in [6.45, 7) is 6.92. The number of rotatable bonds is 2. The SMILES string of the molecule is CCN1CCOC(C(=O)N2CCCC(N)C2)C1.